The number of aliphatic hydroxyl groups is 1. The summed E-state index contributed by atoms with van der Waals surface area (Å²) >= 11 is 0. The van der Waals surface area contributed by atoms with Gasteiger partial charge in [-0.25, -0.2) is 32.5 Å². The number of aliphatic hydroxyl groups excluding tert-OH is 1. The van der Waals surface area contributed by atoms with Gasteiger partial charge in [0.1, 0.15) is 47.0 Å². The Morgan fingerprint density at radius 1 is 0.703 bits per heavy atom. The molecule has 2 N–H and O–H groups in total. The molecular formula is C55H49F3N12O4. The van der Waals surface area contributed by atoms with Crippen LogP contribution in [0.2, 0.25) is 0 Å². The number of hydrogen-bond acceptors (Lipinski definition) is 11. The number of carboxylic acid groups (broad SMARTS) is 1. The molecule has 1 aliphatic carbocycles. The first-order chi connectivity index (χ1) is 35.9. The molecule has 3 atom stereocenters. The topological polar surface area (TPSA) is 170 Å². The molecule has 0 bridgehead atoms. The second-order valence-electron chi connectivity index (χ2n) is 20.0. The average molecular weight is 999 g/mol. The van der Waals surface area contributed by atoms with Gasteiger partial charge in [0.05, 0.1) is 59.4 Å². The van der Waals surface area contributed by atoms with Crippen molar-refractivity contribution in [3.63, 3.8) is 0 Å². The van der Waals surface area contributed by atoms with E-state index in [0.29, 0.717) is 100 Å². The summed E-state index contributed by atoms with van der Waals surface area (Å²) in [5.41, 5.74) is 7.21. The van der Waals surface area contributed by atoms with Crippen LogP contribution in [0.4, 0.5) is 24.8 Å². The lowest BCUT2D eigenvalue weighted by atomic mass is 9.97. The molecule has 19 heteroatoms. The van der Waals surface area contributed by atoms with E-state index in [9.17, 15) is 9.90 Å². The van der Waals surface area contributed by atoms with Crippen molar-refractivity contribution >= 4 is 61.2 Å². The van der Waals surface area contributed by atoms with Gasteiger partial charge in [-0.2, -0.15) is 20.4 Å². The number of benzene rings is 4. The molecule has 2 saturated heterocycles. The highest BCUT2D eigenvalue weighted by Gasteiger charge is 2.55. The first kappa shape index (κ1) is 45.7. The lowest BCUT2D eigenvalue weighted by molar-refractivity contribution is -0.142. The van der Waals surface area contributed by atoms with Crippen molar-refractivity contribution < 1.29 is 32.9 Å². The van der Waals surface area contributed by atoms with Crippen LogP contribution in [-0.4, -0.2) is 105 Å². The zero-order valence-corrected chi connectivity index (χ0v) is 40.6. The highest BCUT2D eigenvalue weighted by molar-refractivity contribution is 6.05. The van der Waals surface area contributed by atoms with Gasteiger partial charge in [0.25, 0.3) is 0 Å². The molecule has 16 nitrogen and oxygen atoms in total. The van der Waals surface area contributed by atoms with Crippen molar-refractivity contribution in [3.05, 3.63) is 132 Å². The number of aryl methyl sites for hydroxylation is 3. The quantitative estimate of drug-likeness (QED) is 0.112. The lowest BCUT2D eigenvalue weighted by Crippen LogP contribution is -2.36. The second kappa shape index (κ2) is 17.5. The maximum atomic E-state index is 16.5. The Morgan fingerprint density at radius 2 is 1.38 bits per heavy atom. The summed E-state index contributed by atoms with van der Waals surface area (Å²) in [5.74, 6) is -0.0858. The smallest absolute Gasteiger partial charge is 0.306 e. The monoisotopic (exact) mass is 998 g/mol. The van der Waals surface area contributed by atoms with Gasteiger partial charge in [-0.1, -0.05) is 24.3 Å². The standard InChI is InChI=1S/C55H49F3N12O4/c1-29-5-4-6-35-51(63-69(53(29)35)33-7-11-46(59-20-33)66-15-13-32(14-16-66)55(72)73)48-39-26-68(61-45(39)10-9-42(48)56)22-31-17-30(2)54-36(18-31)52(49-40-23-65(3)62-50(40)44(58)19-43(49)57)64-70(54)34-8-12-47(60-21-34)67-24-37-38(25-67)41(37)27-74-28-71/h4-12,17-21,23,26,32,37-38,41,71H,13-16,22,24-25,27-28H2,1-3H3,(H,72,73)/t37-,38+,41?. The second-order valence-corrected chi connectivity index (χ2v) is 20.0. The minimum Gasteiger partial charge on any atom is -0.481 e. The van der Waals surface area contributed by atoms with E-state index in [0.717, 1.165) is 58.4 Å². The number of carboxylic acids is 1. The van der Waals surface area contributed by atoms with Crippen LogP contribution in [0.25, 0.3) is 77.5 Å². The molecular weight excluding hydrogens is 950 g/mol. The summed E-state index contributed by atoms with van der Waals surface area (Å²) in [4.78, 5) is 25.5. The Hall–Kier alpha value is -8.16. The number of nitrogens with zero attached hydrogens (tertiary/aromatic N) is 12. The molecule has 8 heterocycles. The molecule has 1 saturated carbocycles. The summed E-state index contributed by atoms with van der Waals surface area (Å²) < 4.78 is 60.2. The minimum atomic E-state index is -0.776. The van der Waals surface area contributed by atoms with Crippen molar-refractivity contribution in [1.82, 2.24) is 49.1 Å². The summed E-state index contributed by atoms with van der Waals surface area (Å²) in [7, 11) is 1.66. The van der Waals surface area contributed by atoms with Crippen LogP contribution >= 0.6 is 0 Å². The lowest BCUT2D eigenvalue weighted by Gasteiger charge is -2.31. The molecule has 3 fully saturated rings. The minimum absolute atomic E-state index is 0.0272. The number of halogens is 3. The van der Waals surface area contributed by atoms with Gasteiger partial charge in [-0.3, -0.25) is 14.2 Å². The number of piperidine rings is 2. The van der Waals surface area contributed by atoms with Crippen LogP contribution in [0.1, 0.15) is 29.5 Å². The van der Waals surface area contributed by atoms with E-state index >= 15 is 13.2 Å². The number of anilines is 2. The first-order valence-corrected chi connectivity index (χ1v) is 24.7. The zero-order chi connectivity index (χ0) is 50.7. The number of para-hydroxylation sites is 1. The average Bonchev–Trinajstić information content (AvgIpc) is 4.07. The Morgan fingerprint density at radius 3 is 2.05 bits per heavy atom. The van der Waals surface area contributed by atoms with E-state index in [-0.39, 0.29) is 35.7 Å². The summed E-state index contributed by atoms with van der Waals surface area (Å²) in [5, 5.41) is 40.2. The molecule has 6 aromatic heterocycles. The van der Waals surface area contributed by atoms with Crippen LogP contribution in [0, 0.1) is 55.0 Å². The van der Waals surface area contributed by atoms with Gasteiger partial charge < -0.3 is 24.7 Å². The van der Waals surface area contributed by atoms with E-state index in [4.69, 9.17) is 35.1 Å². The predicted octanol–water partition coefficient (Wildman–Crippen LogP) is 8.76. The van der Waals surface area contributed by atoms with Gasteiger partial charge in [0.2, 0.25) is 0 Å². The van der Waals surface area contributed by atoms with Crippen molar-refractivity contribution in [2.45, 2.75) is 33.2 Å². The van der Waals surface area contributed by atoms with Gasteiger partial charge in [0, 0.05) is 84.4 Å². The van der Waals surface area contributed by atoms with E-state index < -0.39 is 23.4 Å². The van der Waals surface area contributed by atoms with Crippen LogP contribution in [0.15, 0.2) is 97.6 Å². The van der Waals surface area contributed by atoms with Crippen LogP contribution in [-0.2, 0) is 23.1 Å². The third-order valence-corrected chi connectivity index (χ3v) is 15.5. The van der Waals surface area contributed by atoms with Crippen molar-refractivity contribution in [1.29, 1.82) is 0 Å². The van der Waals surface area contributed by atoms with Crippen molar-refractivity contribution in [2.75, 3.05) is 49.4 Å². The van der Waals surface area contributed by atoms with E-state index in [1.54, 1.807) is 45.7 Å². The van der Waals surface area contributed by atoms with Gasteiger partial charge in [0.15, 0.2) is 5.82 Å². The molecule has 0 radical (unpaired) electrons. The molecule has 374 valence electrons. The summed E-state index contributed by atoms with van der Waals surface area (Å²) in [6.45, 7) is 7.40. The molecule has 2 aliphatic heterocycles. The van der Waals surface area contributed by atoms with Gasteiger partial charge in [-0.05, 0) is 104 Å². The molecule has 10 aromatic rings. The normalized spacial score (nSPS) is 18.0. The van der Waals surface area contributed by atoms with Gasteiger partial charge in [-0.15, -0.1) is 0 Å². The number of hydrogen-bond donors (Lipinski definition) is 2. The molecule has 74 heavy (non-hydrogen) atoms. The summed E-state index contributed by atoms with van der Waals surface area (Å²) in [6, 6.07) is 21.5. The Labute approximate surface area is 420 Å². The van der Waals surface area contributed by atoms with Crippen LogP contribution < -0.4 is 9.80 Å². The van der Waals surface area contributed by atoms with Crippen molar-refractivity contribution in [2.24, 2.45) is 30.7 Å². The number of pyridine rings is 2. The first-order valence-electron chi connectivity index (χ1n) is 24.7. The van der Waals surface area contributed by atoms with E-state index in [2.05, 4.69) is 14.9 Å². The number of carbonyl (C=O) groups is 1. The predicted molar refractivity (Wildman–Crippen MR) is 273 cm³/mol. The maximum absolute atomic E-state index is 16.5. The largest absolute Gasteiger partial charge is 0.481 e. The van der Waals surface area contributed by atoms with Crippen LogP contribution in [0.3, 0.4) is 0 Å². The number of rotatable bonds is 12. The Balaban J connectivity index is 0.861. The fraction of sp³-hybridized carbons (Fsp3) is 0.291. The molecule has 0 spiro atoms. The van der Waals surface area contributed by atoms with E-state index in [1.807, 2.05) is 74.6 Å². The van der Waals surface area contributed by atoms with Crippen molar-refractivity contribution in [3.8, 4) is 33.9 Å². The molecule has 13 rings (SSSR count). The van der Waals surface area contributed by atoms with E-state index in [1.165, 1.54) is 10.7 Å². The number of fused-ring (bicyclic) bond motifs is 5. The molecule has 0 amide bonds. The Bertz CT molecular complexity index is 3870. The third-order valence-electron chi connectivity index (χ3n) is 15.5. The maximum Gasteiger partial charge on any atom is 0.306 e. The summed E-state index contributed by atoms with van der Waals surface area (Å²) in [6.07, 6.45) is 8.02. The highest BCUT2D eigenvalue weighted by Crippen LogP contribution is 2.52. The highest BCUT2D eigenvalue weighted by atomic mass is 19.1. The fourth-order valence-corrected chi connectivity index (χ4v) is 11.8. The number of aliphatic carboxylic acids is 1. The van der Waals surface area contributed by atoms with Crippen LogP contribution in [0.5, 0.6) is 0 Å². The molecule has 4 aromatic carbocycles. The Kier molecular flexibility index (Phi) is 10.8. The zero-order valence-electron chi connectivity index (χ0n) is 40.6. The number of ether oxygens (including phenoxy) is 1. The molecule has 3 aliphatic rings. The molecule has 1 unspecified atom stereocenters. The third kappa shape index (κ3) is 7.54. The fourth-order valence-electron chi connectivity index (χ4n) is 11.8. The SMILES string of the molecule is Cc1cccc2c(-c3c(F)ccc4nn(Cc5cc(C)c6c(c5)c(-c5c(F)cc(F)c7nn(C)cc57)nn6-c5ccc(N6C[C@@H]7C(COCO)[C@@H]7C6)nc5)cc34)nn(-c3ccc(N4CCC(C(=O)O)CC4)nc3)c12. The number of aromatic nitrogens is 10. The van der Waals surface area contributed by atoms with Gasteiger partial charge >= 0.3 is 5.97 Å².